The van der Waals surface area contributed by atoms with Crippen LogP contribution < -0.4 is 5.32 Å². The number of nitrogens with zero attached hydrogens (tertiary/aromatic N) is 2. The molecular weight excluding hydrogens is 224 g/mol. The number of nitrogens with one attached hydrogen (secondary N) is 2. The fourth-order valence-electron chi connectivity index (χ4n) is 2.35. The van der Waals surface area contributed by atoms with Crippen LogP contribution in [0.15, 0.2) is 24.3 Å². The van der Waals surface area contributed by atoms with Crippen molar-refractivity contribution in [3.63, 3.8) is 0 Å². The third-order valence-corrected chi connectivity index (χ3v) is 3.45. The Kier molecular flexibility index (Phi) is 2.88. The Bertz CT molecular complexity index is 544. The van der Waals surface area contributed by atoms with Gasteiger partial charge in [0.15, 0.2) is 5.82 Å². The first-order valence-corrected chi connectivity index (χ1v) is 6.46. The number of aromatic nitrogens is 3. The molecule has 4 heteroatoms. The standard InChI is InChI=1S/C14H18N4/c1-9(2)13-16-14(18-17-13)12-7-10-5-3-4-6-11(10)8-15-12/h3-6,9,12,15H,7-8H2,1-2H3,(H,16,17,18). The van der Waals surface area contributed by atoms with Crippen LogP contribution in [0.3, 0.4) is 0 Å². The van der Waals surface area contributed by atoms with Crippen LogP contribution in [-0.4, -0.2) is 15.2 Å². The Balaban J connectivity index is 1.83. The minimum absolute atomic E-state index is 0.250. The normalized spacial score (nSPS) is 18.9. The predicted molar refractivity (Wildman–Crippen MR) is 70.2 cm³/mol. The van der Waals surface area contributed by atoms with Crippen LogP contribution in [0, 0.1) is 0 Å². The first-order chi connectivity index (χ1) is 8.74. The van der Waals surface area contributed by atoms with E-state index in [9.17, 15) is 0 Å². The van der Waals surface area contributed by atoms with Crippen molar-refractivity contribution >= 4 is 0 Å². The van der Waals surface area contributed by atoms with Crippen molar-refractivity contribution in [1.82, 2.24) is 20.5 Å². The summed E-state index contributed by atoms with van der Waals surface area (Å²) < 4.78 is 0. The summed E-state index contributed by atoms with van der Waals surface area (Å²) in [7, 11) is 0. The van der Waals surface area contributed by atoms with E-state index in [1.54, 1.807) is 0 Å². The number of benzene rings is 1. The average molecular weight is 242 g/mol. The third-order valence-electron chi connectivity index (χ3n) is 3.45. The zero-order valence-electron chi connectivity index (χ0n) is 10.8. The molecule has 0 amide bonds. The molecule has 1 unspecified atom stereocenters. The lowest BCUT2D eigenvalue weighted by Gasteiger charge is -2.24. The Labute approximate surface area is 107 Å². The smallest absolute Gasteiger partial charge is 0.153 e. The lowest BCUT2D eigenvalue weighted by molar-refractivity contribution is 0.477. The van der Waals surface area contributed by atoms with Gasteiger partial charge in [0.25, 0.3) is 0 Å². The Morgan fingerprint density at radius 1 is 1.22 bits per heavy atom. The van der Waals surface area contributed by atoms with E-state index >= 15 is 0 Å². The van der Waals surface area contributed by atoms with Crippen molar-refractivity contribution in [1.29, 1.82) is 0 Å². The Morgan fingerprint density at radius 2 is 2.00 bits per heavy atom. The first-order valence-electron chi connectivity index (χ1n) is 6.46. The number of hydrogen-bond acceptors (Lipinski definition) is 3. The second-order valence-electron chi connectivity index (χ2n) is 5.14. The van der Waals surface area contributed by atoms with Gasteiger partial charge in [-0.3, -0.25) is 5.10 Å². The molecule has 1 atom stereocenters. The quantitative estimate of drug-likeness (QED) is 0.849. The summed E-state index contributed by atoms with van der Waals surface area (Å²) in [5.74, 6) is 2.21. The van der Waals surface area contributed by atoms with E-state index < -0.39 is 0 Å². The molecule has 1 aliphatic rings. The molecule has 3 rings (SSSR count). The molecule has 1 aliphatic heterocycles. The van der Waals surface area contributed by atoms with Gasteiger partial charge in [0, 0.05) is 12.5 Å². The number of fused-ring (bicyclic) bond motifs is 1. The SMILES string of the molecule is CC(C)c1n[nH]c(C2Cc3ccccc3CN2)n1. The first kappa shape index (κ1) is 11.4. The third kappa shape index (κ3) is 2.04. The molecule has 1 aromatic heterocycles. The van der Waals surface area contributed by atoms with Gasteiger partial charge in [0.05, 0.1) is 6.04 Å². The number of H-pyrrole nitrogens is 1. The van der Waals surface area contributed by atoms with Gasteiger partial charge in [-0.25, -0.2) is 4.98 Å². The van der Waals surface area contributed by atoms with Gasteiger partial charge in [-0.1, -0.05) is 38.1 Å². The van der Waals surface area contributed by atoms with Gasteiger partial charge in [0.1, 0.15) is 5.82 Å². The Hall–Kier alpha value is -1.68. The molecule has 2 N–H and O–H groups in total. The summed E-state index contributed by atoms with van der Waals surface area (Å²) in [6.07, 6.45) is 0.975. The summed E-state index contributed by atoms with van der Waals surface area (Å²) in [6.45, 7) is 5.12. The second-order valence-corrected chi connectivity index (χ2v) is 5.14. The molecular formula is C14H18N4. The number of aromatic amines is 1. The Morgan fingerprint density at radius 3 is 2.72 bits per heavy atom. The highest BCUT2D eigenvalue weighted by atomic mass is 15.2. The maximum absolute atomic E-state index is 4.58. The van der Waals surface area contributed by atoms with E-state index in [4.69, 9.17) is 0 Å². The summed E-state index contributed by atoms with van der Waals surface area (Å²) in [5, 5.41) is 10.8. The van der Waals surface area contributed by atoms with Crippen LogP contribution in [0.2, 0.25) is 0 Å². The molecule has 0 fully saturated rings. The van der Waals surface area contributed by atoms with Crippen LogP contribution in [-0.2, 0) is 13.0 Å². The number of hydrogen-bond donors (Lipinski definition) is 2. The summed E-state index contributed by atoms with van der Waals surface area (Å²) in [5.41, 5.74) is 2.79. The average Bonchev–Trinajstić information content (AvgIpc) is 2.88. The zero-order chi connectivity index (χ0) is 12.5. The molecule has 0 saturated heterocycles. The fourth-order valence-corrected chi connectivity index (χ4v) is 2.35. The summed E-state index contributed by atoms with van der Waals surface area (Å²) in [4.78, 5) is 4.58. The predicted octanol–water partition coefficient (Wildman–Crippen LogP) is 2.32. The van der Waals surface area contributed by atoms with Crippen LogP contribution in [0.4, 0.5) is 0 Å². The molecule has 1 aromatic carbocycles. The lowest BCUT2D eigenvalue weighted by Crippen LogP contribution is -2.29. The van der Waals surface area contributed by atoms with E-state index in [-0.39, 0.29) is 6.04 Å². The highest BCUT2D eigenvalue weighted by Gasteiger charge is 2.22. The van der Waals surface area contributed by atoms with Gasteiger partial charge >= 0.3 is 0 Å². The highest BCUT2D eigenvalue weighted by Crippen LogP contribution is 2.24. The van der Waals surface area contributed by atoms with E-state index in [0.717, 1.165) is 24.6 Å². The van der Waals surface area contributed by atoms with E-state index in [1.165, 1.54) is 11.1 Å². The highest BCUT2D eigenvalue weighted by molar-refractivity contribution is 5.30. The van der Waals surface area contributed by atoms with Crippen LogP contribution in [0.5, 0.6) is 0 Å². The summed E-state index contributed by atoms with van der Waals surface area (Å²) >= 11 is 0. The molecule has 0 saturated carbocycles. The molecule has 0 radical (unpaired) electrons. The fraction of sp³-hybridized carbons (Fsp3) is 0.429. The van der Waals surface area contributed by atoms with Crippen LogP contribution in [0.25, 0.3) is 0 Å². The van der Waals surface area contributed by atoms with Gasteiger partial charge in [-0.2, -0.15) is 5.10 Å². The number of rotatable bonds is 2. The van der Waals surface area contributed by atoms with Gasteiger partial charge in [-0.05, 0) is 17.5 Å². The van der Waals surface area contributed by atoms with Gasteiger partial charge < -0.3 is 5.32 Å². The van der Waals surface area contributed by atoms with Crippen molar-refractivity contribution in [2.24, 2.45) is 0 Å². The van der Waals surface area contributed by atoms with Crippen molar-refractivity contribution in [2.45, 2.75) is 38.8 Å². The van der Waals surface area contributed by atoms with Crippen molar-refractivity contribution < 1.29 is 0 Å². The monoisotopic (exact) mass is 242 g/mol. The molecule has 0 bridgehead atoms. The minimum atomic E-state index is 0.250. The molecule has 2 aromatic rings. The molecule has 0 aliphatic carbocycles. The van der Waals surface area contributed by atoms with Crippen LogP contribution >= 0.6 is 0 Å². The topological polar surface area (TPSA) is 53.6 Å². The van der Waals surface area contributed by atoms with E-state index in [2.05, 4.69) is 58.6 Å². The largest absolute Gasteiger partial charge is 0.303 e. The molecule has 18 heavy (non-hydrogen) atoms. The maximum atomic E-state index is 4.58. The zero-order valence-corrected chi connectivity index (χ0v) is 10.8. The molecule has 2 heterocycles. The van der Waals surface area contributed by atoms with E-state index in [0.29, 0.717) is 5.92 Å². The molecule has 4 nitrogen and oxygen atoms in total. The molecule has 0 spiro atoms. The van der Waals surface area contributed by atoms with Crippen molar-refractivity contribution in [2.75, 3.05) is 0 Å². The van der Waals surface area contributed by atoms with Crippen molar-refractivity contribution in [3.8, 4) is 0 Å². The maximum Gasteiger partial charge on any atom is 0.153 e. The van der Waals surface area contributed by atoms with E-state index in [1.807, 2.05) is 0 Å². The van der Waals surface area contributed by atoms with Gasteiger partial charge in [0.2, 0.25) is 0 Å². The van der Waals surface area contributed by atoms with Crippen molar-refractivity contribution in [3.05, 3.63) is 47.0 Å². The minimum Gasteiger partial charge on any atom is -0.303 e. The van der Waals surface area contributed by atoms with Gasteiger partial charge in [-0.15, -0.1) is 0 Å². The second kappa shape index (κ2) is 4.53. The summed E-state index contributed by atoms with van der Waals surface area (Å²) in [6, 6.07) is 8.81. The van der Waals surface area contributed by atoms with Crippen LogP contribution in [0.1, 0.15) is 48.6 Å². The lowest BCUT2D eigenvalue weighted by atomic mass is 9.95. The molecule has 94 valence electrons.